The standard InChI is InChI=1S/C21H24O3/c1-14(22)17-8-10-18(11-9-17)21-19(20(21)15(2)23)13-24-12-16-6-4-3-5-7-16/h3-11,15,19-21,23H,12-13H2,1-2H3/t15-,19-,20+,21-/m0/s1. The summed E-state index contributed by atoms with van der Waals surface area (Å²) in [5.41, 5.74) is 3.07. The summed E-state index contributed by atoms with van der Waals surface area (Å²) in [4.78, 5) is 11.4. The zero-order chi connectivity index (χ0) is 17.1. The molecule has 2 aromatic rings. The monoisotopic (exact) mass is 324 g/mol. The lowest BCUT2D eigenvalue weighted by Crippen LogP contribution is -2.07. The van der Waals surface area contributed by atoms with Gasteiger partial charge in [0, 0.05) is 5.56 Å². The van der Waals surface area contributed by atoms with Crippen molar-refractivity contribution in [3.05, 3.63) is 71.3 Å². The van der Waals surface area contributed by atoms with Crippen molar-refractivity contribution in [1.29, 1.82) is 0 Å². The Morgan fingerprint density at radius 1 is 1.12 bits per heavy atom. The summed E-state index contributed by atoms with van der Waals surface area (Å²) in [5, 5.41) is 10.0. The highest BCUT2D eigenvalue weighted by Gasteiger charge is 2.53. The third-order valence-electron chi connectivity index (χ3n) is 4.91. The van der Waals surface area contributed by atoms with Gasteiger partial charge in [-0.3, -0.25) is 4.79 Å². The molecule has 0 aliphatic heterocycles. The van der Waals surface area contributed by atoms with Crippen molar-refractivity contribution in [3.63, 3.8) is 0 Å². The van der Waals surface area contributed by atoms with E-state index >= 15 is 0 Å². The van der Waals surface area contributed by atoms with Crippen LogP contribution in [0.25, 0.3) is 0 Å². The normalized spacial score (nSPS) is 23.7. The zero-order valence-electron chi connectivity index (χ0n) is 14.2. The molecule has 24 heavy (non-hydrogen) atoms. The van der Waals surface area contributed by atoms with Gasteiger partial charge in [0.2, 0.25) is 0 Å². The zero-order valence-corrected chi connectivity index (χ0v) is 14.2. The molecule has 0 unspecified atom stereocenters. The van der Waals surface area contributed by atoms with Gasteiger partial charge in [0.1, 0.15) is 0 Å². The summed E-state index contributed by atoms with van der Waals surface area (Å²) in [5.74, 6) is 0.940. The second-order valence-corrected chi connectivity index (χ2v) is 6.69. The van der Waals surface area contributed by atoms with Gasteiger partial charge in [-0.15, -0.1) is 0 Å². The largest absolute Gasteiger partial charge is 0.393 e. The number of benzene rings is 2. The molecule has 3 nitrogen and oxygen atoms in total. The van der Waals surface area contributed by atoms with E-state index in [1.165, 1.54) is 5.56 Å². The van der Waals surface area contributed by atoms with E-state index in [2.05, 4.69) is 12.1 Å². The number of carbonyl (C=O) groups excluding carboxylic acids is 1. The Kier molecular flexibility index (Phi) is 5.12. The summed E-state index contributed by atoms with van der Waals surface area (Å²) in [6.45, 7) is 4.66. The topological polar surface area (TPSA) is 46.5 Å². The van der Waals surface area contributed by atoms with Gasteiger partial charge in [0.25, 0.3) is 0 Å². The molecule has 0 spiro atoms. The van der Waals surface area contributed by atoms with Crippen molar-refractivity contribution in [3.8, 4) is 0 Å². The Hall–Kier alpha value is -1.97. The minimum Gasteiger partial charge on any atom is -0.393 e. The number of hydrogen-bond acceptors (Lipinski definition) is 3. The van der Waals surface area contributed by atoms with Crippen molar-refractivity contribution in [2.75, 3.05) is 6.61 Å². The summed E-state index contributed by atoms with van der Waals surface area (Å²) in [6, 6.07) is 17.9. The molecule has 0 aromatic heterocycles. The molecule has 3 heteroatoms. The Morgan fingerprint density at radius 3 is 2.38 bits per heavy atom. The Bertz CT molecular complexity index is 676. The van der Waals surface area contributed by atoms with Gasteiger partial charge in [0.15, 0.2) is 5.78 Å². The van der Waals surface area contributed by atoms with Gasteiger partial charge < -0.3 is 9.84 Å². The van der Waals surface area contributed by atoms with Crippen LogP contribution < -0.4 is 0 Å². The molecule has 1 aliphatic carbocycles. The number of hydrogen-bond donors (Lipinski definition) is 1. The van der Waals surface area contributed by atoms with E-state index < -0.39 is 0 Å². The Morgan fingerprint density at radius 2 is 1.79 bits per heavy atom. The van der Waals surface area contributed by atoms with E-state index in [0.29, 0.717) is 25.0 Å². The molecule has 3 rings (SSSR count). The molecular weight excluding hydrogens is 300 g/mol. The van der Waals surface area contributed by atoms with E-state index in [9.17, 15) is 9.90 Å². The summed E-state index contributed by atoms with van der Waals surface area (Å²) < 4.78 is 5.87. The highest BCUT2D eigenvalue weighted by Crippen LogP contribution is 2.55. The lowest BCUT2D eigenvalue weighted by molar-refractivity contribution is 0.0941. The molecule has 0 amide bonds. The smallest absolute Gasteiger partial charge is 0.159 e. The Labute approximate surface area is 143 Å². The minimum atomic E-state index is -0.354. The molecule has 1 saturated carbocycles. The maximum absolute atomic E-state index is 11.4. The van der Waals surface area contributed by atoms with Crippen molar-refractivity contribution in [1.82, 2.24) is 0 Å². The molecular formula is C21H24O3. The van der Waals surface area contributed by atoms with Gasteiger partial charge >= 0.3 is 0 Å². The van der Waals surface area contributed by atoms with Crippen LogP contribution in [0.5, 0.6) is 0 Å². The molecule has 0 saturated heterocycles. The number of rotatable bonds is 7. The van der Waals surface area contributed by atoms with Crippen molar-refractivity contribution in [2.24, 2.45) is 11.8 Å². The van der Waals surface area contributed by atoms with Crippen LogP contribution in [0.4, 0.5) is 0 Å². The van der Waals surface area contributed by atoms with E-state index in [-0.39, 0.29) is 17.8 Å². The van der Waals surface area contributed by atoms with Crippen LogP contribution in [0.1, 0.15) is 41.3 Å². The van der Waals surface area contributed by atoms with E-state index in [0.717, 1.165) is 11.1 Å². The summed E-state index contributed by atoms with van der Waals surface area (Å²) in [7, 11) is 0. The molecule has 2 aromatic carbocycles. The fraction of sp³-hybridized carbons (Fsp3) is 0.381. The molecule has 0 heterocycles. The average Bonchev–Trinajstić information content (AvgIpc) is 3.30. The van der Waals surface area contributed by atoms with Crippen LogP contribution in [-0.2, 0) is 11.3 Å². The first-order valence-corrected chi connectivity index (χ1v) is 8.48. The lowest BCUT2D eigenvalue weighted by atomic mass is 10.0. The first-order chi connectivity index (χ1) is 11.6. The van der Waals surface area contributed by atoms with Crippen LogP contribution in [0.2, 0.25) is 0 Å². The highest BCUT2D eigenvalue weighted by molar-refractivity contribution is 5.94. The molecule has 0 radical (unpaired) electrons. The van der Waals surface area contributed by atoms with Crippen LogP contribution >= 0.6 is 0 Å². The van der Waals surface area contributed by atoms with Gasteiger partial charge in [-0.05, 0) is 42.7 Å². The van der Waals surface area contributed by atoms with Crippen molar-refractivity contribution < 1.29 is 14.6 Å². The van der Waals surface area contributed by atoms with Gasteiger partial charge in [-0.1, -0.05) is 54.6 Å². The minimum absolute atomic E-state index is 0.0761. The molecule has 1 N–H and O–H groups in total. The van der Waals surface area contributed by atoms with E-state index in [4.69, 9.17) is 4.74 Å². The van der Waals surface area contributed by atoms with Gasteiger partial charge in [-0.25, -0.2) is 0 Å². The number of aliphatic hydroxyl groups is 1. The maximum atomic E-state index is 11.4. The van der Waals surface area contributed by atoms with E-state index in [1.807, 2.05) is 49.4 Å². The number of Topliss-reactive ketones (excluding diaryl/α,β-unsaturated/α-hetero) is 1. The van der Waals surface area contributed by atoms with Gasteiger partial charge in [-0.2, -0.15) is 0 Å². The van der Waals surface area contributed by atoms with E-state index in [1.54, 1.807) is 6.92 Å². The first kappa shape index (κ1) is 16.9. The fourth-order valence-electron chi connectivity index (χ4n) is 3.57. The predicted molar refractivity (Wildman–Crippen MR) is 93.9 cm³/mol. The lowest BCUT2D eigenvalue weighted by Gasteiger charge is -2.05. The molecule has 1 fully saturated rings. The molecule has 0 bridgehead atoms. The maximum Gasteiger partial charge on any atom is 0.159 e. The first-order valence-electron chi connectivity index (χ1n) is 8.48. The third kappa shape index (κ3) is 3.74. The summed E-state index contributed by atoms with van der Waals surface area (Å²) in [6.07, 6.45) is -0.354. The van der Waals surface area contributed by atoms with Crippen LogP contribution in [0.15, 0.2) is 54.6 Å². The second kappa shape index (κ2) is 7.29. The molecule has 1 aliphatic rings. The van der Waals surface area contributed by atoms with Crippen LogP contribution in [0.3, 0.4) is 0 Å². The van der Waals surface area contributed by atoms with Crippen LogP contribution in [0, 0.1) is 11.8 Å². The Balaban J connectivity index is 1.61. The highest BCUT2D eigenvalue weighted by atomic mass is 16.5. The molecule has 4 atom stereocenters. The van der Waals surface area contributed by atoms with Gasteiger partial charge in [0.05, 0.1) is 19.3 Å². The number of ketones is 1. The number of carbonyl (C=O) groups is 1. The van der Waals surface area contributed by atoms with Crippen molar-refractivity contribution in [2.45, 2.75) is 32.5 Å². The fourth-order valence-corrected chi connectivity index (χ4v) is 3.57. The average molecular weight is 324 g/mol. The summed E-state index contributed by atoms with van der Waals surface area (Å²) >= 11 is 0. The van der Waals surface area contributed by atoms with Crippen LogP contribution in [-0.4, -0.2) is 23.6 Å². The predicted octanol–water partition coefficient (Wildman–Crippen LogP) is 3.82. The number of aliphatic hydroxyl groups excluding tert-OH is 1. The second-order valence-electron chi connectivity index (χ2n) is 6.69. The third-order valence-corrected chi connectivity index (χ3v) is 4.91. The quantitative estimate of drug-likeness (QED) is 0.788. The molecule has 126 valence electrons. The van der Waals surface area contributed by atoms with Crippen molar-refractivity contribution >= 4 is 5.78 Å². The SMILES string of the molecule is CC(=O)c1ccc([C@H]2[C@@H](COCc3ccccc3)[C@H]2[C@H](C)O)cc1. The number of ether oxygens (including phenoxy) is 1.